The first-order valence-electron chi connectivity index (χ1n) is 8.88. The Kier molecular flexibility index (Phi) is 6.96. The SMILES string of the molecule is CCOc1cccc(C(=O)NN(C(=O)c2cc(Cl)cc(Cl)c2)C(C)(C)C)c1C. The quantitative estimate of drug-likeness (QED) is 0.681. The molecule has 0 aliphatic heterocycles. The zero-order valence-corrected chi connectivity index (χ0v) is 18.1. The fourth-order valence-electron chi connectivity index (χ4n) is 2.66. The third-order valence-electron chi connectivity index (χ3n) is 4.03. The van der Waals surface area contributed by atoms with Crippen LogP contribution in [-0.4, -0.2) is 29.0 Å². The van der Waals surface area contributed by atoms with Gasteiger partial charge in [0, 0.05) is 26.7 Å². The van der Waals surface area contributed by atoms with Gasteiger partial charge in [0.1, 0.15) is 5.75 Å². The molecular weight excluding hydrogens is 399 g/mol. The Morgan fingerprint density at radius 3 is 2.25 bits per heavy atom. The van der Waals surface area contributed by atoms with Gasteiger partial charge in [-0.2, -0.15) is 0 Å². The van der Waals surface area contributed by atoms with E-state index < -0.39 is 17.4 Å². The predicted octanol–water partition coefficient (Wildman–Crippen LogP) is 5.29. The second-order valence-electron chi connectivity index (χ2n) is 7.27. The van der Waals surface area contributed by atoms with Crippen molar-refractivity contribution in [3.63, 3.8) is 0 Å². The molecule has 0 saturated heterocycles. The first kappa shape index (κ1) is 22.1. The molecule has 0 aromatic heterocycles. The molecule has 7 heteroatoms. The van der Waals surface area contributed by atoms with Crippen LogP contribution in [0.4, 0.5) is 0 Å². The minimum absolute atomic E-state index is 0.285. The predicted molar refractivity (Wildman–Crippen MR) is 112 cm³/mol. The number of hydrazine groups is 1. The smallest absolute Gasteiger partial charge is 0.272 e. The molecule has 2 rings (SSSR count). The van der Waals surface area contributed by atoms with Crippen molar-refractivity contribution < 1.29 is 14.3 Å². The van der Waals surface area contributed by atoms with Crippen molar-refractivity contribution in [1.29, 1.82) is 0 Å². The van der Waals surface area contributed by atoms with Crippen LogP contribution in [0.5, 0.6) is 5.75 Å². The number of carbonyl (C=O) groups excluding carboxylic acids is 2. The van der Waals surface area contributed by atoms with Gasteiger partial charge in [0.25, 0.3) is 11.8 Å². The zero-order chi connectivity index (χ0) is 21.1. The van der Waals surface area contributed by atoms with Gasteiger partial charge < -0.3 is 4.74 Å². The Morgan fingerprint density at radius 1 is 1.11 bits per heavy atom. The molecule has 0 unspecified atom stereocenters. The second-order valence-corrected chi connectivity index (χ2v) is 8.15. The molecule has 0 bridgehead atoms. The minimum atomic E-state index is -0.688. The van der Waals surface area contributed by atoms with E-state index in [9.17, 15) is 9.59 Å². The molecule has 5 nitrogen and oxygen atoms in total. The van der Waals surface area contributed by atoms with Crippen molar-refractivity contribution in [1.82, 2.24) is 10.4 Å². The molecule has 150 valence electrons. The van der Waals surface area contributed by atoms with Crippen molar-refractivity contribution in [2.45, 2.75) is 40.2 Å². The summed E-state index contributed by atoms with van der Waals surface area (Å²) in [5.74, 6) is -0.190. The number of hydrogen-bond acceptors (Lipinski definition) is 3. The number of halogens is 2. The average molecular weight is 423 g/mol. The summed E-state index contributed by atoms with van der Waals surface area (Å²) in [5.41, 5.74) is 3.45. The monoisotopic (exact) mass is 422 g/mol. The number of carbonyl (C=O) groups is 2. The summed E-state index contributed by atoms with van der Waals surface area (Å²) >= 11 is 12.1. The summed E-state index contributed by atoms with van der Waals surface area (Å²) in [5, 5.41) is 1.97. The van der Waals surface area contributed by atoms with Crippen molar-refractivity contribution in [2.24, 2.45) is 0 Å². The minimum Gasteiger partial charge on any atom is -0.494 e. The van der Waals surface area contributed by atoms with Crippen molar-refractivity contribution in [3.8, 4) is 5.75 Å². The number of hydrogen-bond donors (Lipinski definition) is 1. The van der Waals surface area contributed by atoms with E-state index in [-0.39, 0.29) is 5.56 Å². The first-order valence-corrected chi connectivity index (χ1v) is 9.64. The third kappa shape index (κ3) is 5.18. The lowest BCUT2D eigenvalue weighted by Gasteiger charge is -2.35. The van der Waals surface area contributed by atoms with Gasteiger partial charge >= 0.3 is 0 Å². The van der Waals surface area contributed by atoms with Crippen molar-refractivity contribution in [3.05, 3.63) is 63.1 Å². The molecule has 0 aliphatic rings. The van der Waals surface area contributed by atoms with Gasteiger partial charge in [0.15, 0.2) is 0 Å². The van der Waals surface area contributed by atoms with Gasteiger partial charge in [0.2, 0.25) is 0 Å². The van der Waals surface area contributed by atoms with Crippen LogP contribution in [0.2, 0.25) is 10.0 Å². The summed E-state index contributed by atoms with van der Waals surface area (Å²) in [6.45, 7) is 9.64. The van der Waals surface area contributed by atoms with Crippen LogP contribution in [-0.2, 0) is 0 Å². The van der Waals surface area contributed by atoms with E-state index in [1.54, 1.807) is 31.2 Å². The van der Waals surface area contributed by atoms with E-state index in [1.807, 2.05) is 27.7 Å². The number of rotatable bonds is 4. The van der Waals surface area contributed by atoms with Gasteiger partial charge in [0.05, 0.1) is 12.1 Å². The maximum atomic E-state index is 13.1. The highest BCUT2D eigenvalue weighted by molar-refractivity contribution is 6.35. The Hall–Kier alpha value is -2.24. The molecule has 1 N–H and O–H groups in total. The molecule has 0 saturated carbocycles. The highest BCUT2D eigenvalue weighted by Crippen LogP contribution is 2.24. The molecule has 2 amide bonds. The lowest BCUT2D eigenvalue weighted by atomic mass is 10.1. The average Bonchev–Trinajstić information content (AvgIpc) is 2.59. The Morgan fingerprint density at radius 2 is 1.71 bits per heavy atom. The van der Waals surface area contributed by atoms with E-state index in [2.05, 4.69) is 5.43 Å². The van der Waals surface area contributed by atoms with Crippen molar-refractivity contribution in [2.75, 3.05) is 6.61 Å². The maximum absolute atomic E-state index is 13.1. The highest BCUT2D eigenvalue weighted by Gasteiger charge is 2.30. The standard InChI is InChI=1S/C21H24Cl2N2O3/c1-6-28-18-9-7-8-17(13(18)2)19(26)24-25(21(3,4)5)20(27)14-10-15(22)12-16(23)11-14/h7-12H,6H2,1-5H3,(H,24,26). The fraction of sp³-hybridized carbons (Fsp3) is 0.333. The molecule has 0 heterocycles. The molecule has 0 spiro atoms. The molecule has 0 radical (unpaired) electrons. The second kappa shape index (κ2) is 8.84. The van der Waals surface area contributed by atoms with E-state index in [1.165, 1.54) is 17.1 Å². The topological polar surface area (TPSA) is 58.6 Å². The summed E-state index contributed by atoms with van der Waals surface area (Å²) < 4.78 is 5.55. The molecule has 28 heavy (non-hydrogen) atoms. The lowest BCUT2D eigenvalue weighted by molar-refractivity contribution is 0.0358. The van der Waals surface area contributed by atoms with Crippen LogP contribution in [0.25, 0.3) is 0 Å². The van der Waals surface area contributed by atoms with Crippen LogP contribution in [0.1, 0.15) is 54.0 Å². The summed E-state index contributed by atoms with van der Waals surface area (Å²) in [6.07, 6.45) is 0. The molecule has 0 atom stereocenters. The number of nitrogens with zero attached hydrogens (tertiary/aromatic N) is 1. The van der Waals surface area contributed by atoms with E-state index in [0.29, 0.717) is 33.5 Å². The van der Waals surface area contributed by atoms with Gasteiger partial charge in [-0.1, -0.05) is 29.3 Å². The molecular formula is C21H24Cl2N2O3. The van der Waals surface area contributed by atoms with E-state index >= 15 is 0 Å². The summed E-state index contributed by atoms with van der Waals surface area (Å²) in [4.78, 5) is 26.0. The largest absolute Gasteiger partial charge is 0.494 e. The molecule has 2 aromatic rings. The van der Waals surface area contributed by atoms with Crippen LogP contribution >= 0.6 is 23.2 Å². The number of nitrogens with one attached hydrogen (secondary N) is 1. The van der Waals surface area contributed by atoms with Crippen LogP contribution in [0.3, 0.4) is 0 Å². The Bertz CT molecular complexity index is 871. The zero-order valence-electron chi connectivity index (χ0n) is 16.6. The van der Waals surface area contributed by atoms with Crippen LogP contribution < -0.4 is 10.2 Å². The molecule has 2 aromatic carbocycles. The normalized spacial score (nSPS) is 11.1. The van der Waals surface area contributed by atoms with Gasteiger partial charge in [-0.15, -0.1) is 0 Å². The number of benzene rings is 2. The van der Waals surface area contributed by atoms with Gasteiger partial charge in [-0.25, -0.2) is 5.01 Å². The lowest BCUT2D eigenvalue weighted by Crippen LogP contribution is -2.56. The van der Waals surface area contributed by atoms with Crippen LogP contribution in [0, 0.1) is 6.92 Å². The number of ether oxygens (including phenoxy) is 1. The molecule has 0 aliphatic carbocycles. The van der Waals surface area contributed by atoms with Crippen molar-refractivity contribution >= 4 is 35.0 Å². The number of amides is 2. The first-order chi connectivity index (χ1) is 13.0. The van der Waals surface area contributed by atoms with E-state index in [0.717, 1.165) is 0 Å². The van der Waals surface area contributed by atoms with E-state index in [4.69, 9.17) is 27.9 Å². The van der Waals surface area contributed by atoms with Gasteiger partial charge in [-0.05, 0) is 65.0 Å². The Balaban J connectivity index is 2.36. The third-order valence-corrected chi connectivity index (χ3v) is 4.46. The maximum Gasteiger partial charge on any atom is 0.272 e. The summed E-state index contributed by atoms with van der Waals surface area (Å²) in [6, 6.07) is 9.81. The summed E-state index contributed by atoms with van der Waals surface area (Å²) in [7, 11) is 0. The fourth-order valence-corrected chi connectivity index (χ4v) is 3.19. The Labute approximate surface area is 175 Å². The van der Waals surface area contributed by atoms with Crippen LogP contribution in [0.15, 0.2) is 36.4 Å². The van der Waals surface area contributed by atoms with Gasteiger partial charge in [-0.3, -0.25) is 15.0 Å². The highest BCUT2D eigenvalue weighted by atomic mass is 35.5. The molecule has 0 fully saturated rings.